The summed E-state index contributed by atoms with van der Waals surface area (Å²) in [6.07, 6.45) is 6.11. The van der Waals surface area contributed by atoms with E-state index in [1.54, 1.807) is 6.07 Å². The molecule has 0 aromatic heterocycles. The minimum atomic E-state index is -0.497. The second kappa shape index (κ2) is 11.6. The number of nitrogens with one attached hydrogen (secondary N) is 1. The van der Waals surface area contributed by atoms with Gasteiger partial charge in [-0.1, -0.05) is 23.7 Å². The second-order valence-corrected chi connectivity index (χ2v) is 11.7. The topological polar surface area (TPSA) is 62.6 Å². The first-order valence-electron chi connectivity index (χ1n) is 13.8. The van der Waals surface area contributed by atoms with Gasteiger partial charge >= 0.3 is 6.03 Å². The van der Waals surface area contributed by atoms with Gasteiger partial charge in [0.2, 0.25) is 0 Å². The van der Waals surface area contributed by atoms with Gasteiger partial charge in [-0.3, -0.25) is 0 Å². The van der Waals surface area contributed by atoms with E-state index in [-0.39, 0.29) is 22.5 Å². The zero-order valence-corrected chi connectivity index (χ0v) is 22.9. The molecule has 3 fully saturated rings. The van der Waals surface area contributed by atoms with Gasteiger partial charge in [-0.2, -0.15) is 5.26 Å². The van der Waals surface area contributed by atoms with Crippen molar-refractivity contribution in [3.05, 3.63) is 64.4 Å². The molecule has 0 radical (unpaired) electrons. The molecule has 0 bridgehead atoms. The Kier molecular flexibility index (Phi) is 8.23. The molecule has 202 valence electrons. The van der Waals surface area contributed by atoms with Crippen molar-refractivity contribution < 1.29 is 9.18 Å². The van der Waals surface area contributed by atoms with Crippen LogP contribution in [-0.4, -0.2) is 73.1 Å². The molecule has 1 aliphatic heterocycles. The molecule has 8 heteroatoms. The van der Waals surface area contributed by atoms with Crippen molar-refractivity contribution >= 4 is 23.3 Å². The van der Waals surface area contributed by atoms with Crippen LogP contribution < -0.4 is 5.32 Å². The van der Waals surface area contributed by atoms with Crippen LogP contribution in [0.4, 0.5) is 14.9 Å². The standard InChI is InChI=1S/C30H37ClFN5O/c1-35-14-16-36(17-15-35)12-3-13-37(29(38)34-25-6-7-28(32)27(31)20-25)26-9-11-30(10-8-24(30)19-26)23-5-2-4-22(18-23)21-33/h2,4-7,18,20,24,26H,3,8-17,19H2,1H3,(H,34,38)/t24-,26-,30+/m0/s1. The van der Waals surface area contributed by atoms with Crippen molar-refractivity contribution in [3.63, 3.8) is 0 Å². The highest BCUT2D eigenvalue weighted by Crippen LogP contribution is 2.57. The summed E-state index contributed by atoms with van der Waals surface area (Å²) < 4.78 is 13.7. The van der Waals surface area contributed by atoms with E-state index in [4.69, 9.17) is 11.6 Å². The van der Waals surface area contributed by atoms with E-state index in [2.05, 4.69) is 40.4 Å². The van der Waals surface area contributed by atoms with Crippen LogP contribution in [0, 0.1) is 23.1 Å². The van der Waals surface area contributed by atoms with Crippen LogP contribution in [0.25, 0.3) is 0 Å². The van der Waals surface area contributed by atoms with E-state index >= 15 is 0 Å². The smallest absolute Gasteiger partial charge is 0.321 e. The zero-order valence-electron chi connectivity index (χ0n) is 22.1. The SMILES string of the molecule is CN1CCN(CCCN(C(=O)Nc2ccc(F)c(Cl)c2)[C@H]2CC[C@@]3(c4cccc(C#N)c4)CC[C@H]3C2)CC1. The molecule has 2 amide bonds. The minimum Gasteiger partial charge on any atom is -0.321 e. The van der Waals surface area contributed by atoms with E-state index in [1.807, 2.05) is 17.0 Å². The van der Waals surface area contributed by atoms with Gasteiger partial charge in [0.25, 0.3) is 0 Å². The van der Waals surface area contributed by atoms with Crippen molar-refractivity contribution in [1.82, 2.24) is 14.7 Å². The third kappa shape index (κ3) is 5.68. The molecule has 2 aromatic rings. The third-order valence-corrected chi connectivity index (χ3v) is 9.40. The summed E-state index contributed by atoms with van der Waals surface area (Å²) in [6.45, 7) is 5.94. The summed E-state index contributed by atoms with van der Waals surface area (Å²) in [5.41, 5.74) is 2.62. The number of nitriles is 1. The Hall–Kier alpha value is -2.66. The Labute approximate surface area is 230 Å². The number of rotatable bonds is 7. The van der Waals surface area contributed by atoms with Crippen LogP contribution in [0.2, 0.25) is 5.02 Å². The van der Waals surface area contributed by atoms with Crippen LogP contribution in [0.1, 0.15) is 49.7 Å². The van der Waals surface area contributed by atoms with Crippen molar-refractivity contribution in [2.45, 2.75) is 50.0 Å². The van der Waals surface area contributed by atoms with Gasteiger partial charge in [0.05, 0.1) is 16.7 Å². The van der Waals surface area contributed by atoms with Crippen molar-refractivity contribution in [1.29, 1.82) is 5.26 Å². The molecule has 0 unspecified atom stereocenters. The number of benzene rings is 2. The van der Waals surface area contributed by atoms with Gasteiger partial charge in [-0.25, -0.2) is 9.18 Å². The third-order valence-electron chi connectivity index (χ3n) is 9.11. The molecule has 38 heavy (non-hydrogen) atoms. The molecular weight excluding hydrogens is 501 g/mol. The Bertz CT molecular complexity index is 1190. The molecule has 1 saturated heterocycles. The predicted octanol–water partition coefficient (Wildman–Crippen LogP) is 5.72. The molecule has 3 atom stereocenters. The molecule has 6 nitrogen and oxygen atoms in total. The number of halogens is 2. The summed E-state index contributed by atoms with van der Waals surface area (Å²) in [6, 6.07) is 14.7. The molecule has 1 heterocycles. The molecular formula is C30H37ClFN5O. The second-order valence-electron chi connectivity index (χ2n) is 11.3. The maximum absolute atomic E-state index is 13.7. The molecule has 3 aliphatic rings. The Morgan fingerprint density at radius 1 is 1.18 bits per heavy atom. The summed E-state index contributed by atoms with van der Waals surface area (Å²) in [5.74, 6) is 0.00570. The van der Waals surface area contributed by atoms with Gasteiger partial charge in [0, 0.05) is 44.5 Å². The molecule has 2 aromatic carbocycles. The van der Waals surface area contributed by atoms with Crippen LogP contribution in [0.3, 0.4) is 0 Å². The lowest BCUT2D eigenvalue weighted by molar-refractivity contribution is 0.0220. The number of fused-ring (bicyclic) bond motifs is 1. The summed E-state index contributed by atoms with van der Waals surface area (Å²) in [7, 11) is 2.16. The fraction of sp³-hybridized carbons (Fsp3) is 0.533. The van der Waals surface area contributed by atoms with E-state index < -0.39 is 5.82 Å². The maximum Gasteiger partial charge on any atom is 0.322 e. The molecule has 2 saturated carbocycles. The minimum absolute atomic E-state index is 0.000865. The molecule has 0 spiro atoms. The number of amides is 2. The summed E-state index contributed by atoms with van der Waals surface area (Å²) >= 11 is 5.97. The predicted molar refractivity (Wildman–Crippen MR) is 149 cm³/mol. The average molecular weight is 538 g/mol. The van der Waals surface area contributed by atoms with Crippen molar-refractivity contribution in [2.24, 2.45) is 5.92 Å². The maximum atomic E-state index is 13.7. The quantitative estimate of drug-likeness (QED) is 0.490. The van der Waals surface area contributed by atoms with Crippen LogP contribution in [-0.2, 0) is 5.41 Å². The number of anilines is 1. The first-order valence-corrected chi connectivity index (χ1v) is 14.2. The van der Waals surface area contributed by atoms with Crippen molar-refractivity contribution in [3.8, 4) is 6.07 Å². The monoisotopic (exact) mass is 537 g/mol. The zero-order chi connectivity index (χ0) is 26.7. The fourth-order valence-corrected chi connectivity index (χ4v) is 6.88. The van der Waals surface area contributed by atoms with E-state index in [0.29, 0.717) is 23.7 Å². The summed E-state index contributed by atoms with van der Waals surface area (Å²) in [4.78, 5) is 20.4. The lowest BCUT2D eigenvalue weighted by Crippen LogP contribution is -2.55. The van der Waals surface area contributed by atoms with Gasteiger partial charge in [-0.15, -0.1) is 0 Å². The number of likely N-dealkylation sites (N-methyl/N-ethyl adjacent to an activating group) is 1. The number of urea groups is 1. The lowest BCUT2D eigenvalue weighted by Gasteiger charge is -2.56. The number of nitrogens with zero attached hydrogens (tertiary/aromatic N) is 4. The van der Waals surface area contributed by atoms with Crippen LogP contribution in [0.15, 0.2) is 42.5 Å². The van der Waals surface area contributed by atoms with Gasteiger partial charge in [0.1, 0.15) is 5.82 Å². The van der Waals surface area contributed by atoms with E-state index in [0.717, 1.165) is 71.2 Å². The first kappa shape index (κ1) is 26.9. The highest BCUT2D eigenvalue weighted by atomic mass is 35.5. The highest BCUT2D eigenvalue weighted by Gasteiger charge is 2.52. The number of hydrogen-bond donors (Lipinski definition) is 1. The molecule has 2 aliphatic carbocycles. The highest BCUT2D eigenvalue weighted by molar-refractivity contribution is 6.31. The summed E-state index contributed by atoms with van der Waals surface area (Å²) in [5, 5.41) is 12.4. The largest absolute Gasteiger partial charge is 0.322 e. The molecule has 5 rings (SSSR count). The van der Waals surface area contributed by atoms with Gasteiger partial charge in [0.15, 0.2) is 0 Å². The lowest BCUT2D eigenvalue weighted by atomic mass is 9.50. The van der Waals surface area contributed by atoms with E-state index in [9.17, 15) is 14.4 Å². The Morgan fingerprint density at radius 3 is 2.66 bits per heavy atom. The first-order chi connectivity index (χ1) is 18.4. The molecule has 1 N–H and O–H groups in total. The number of carbonyl (C=O) groups is 1. The van der Waals surface area contributed by atoms with Crippen molar-refractivity contribution in [2.75, 3.05) is 51.6 Å². The van der Waals surface area contributed by atoms with Crippen LogP contribution >= 0.6 is 11.6 Å². The average Bonchev–Trinajstić information content (AvgIpc) is 2.91. The number of carbonyl (C=O) groups excluding carboxylic acids is 1. The van der Waals surface area contributed by atoms with Crippen LogP contribution in [0.5, 0.6) is 0 Å². The van der Waals surface area contributed by atoms with E-state index in [1.165, 1.54) is 17.7 Å². The Balaban J connectivity index is 1.28. The number of hydrogen-bond acceptors (Lipinski definition) is 4. The van der Waals surface area contributed by atoms with Gasteiger partial charge in [-0.05, 0) is 99.3 Å². The Morgan fingerprint density at radius 2 is 1.97 bits per heavy atom. The number of piperazine rings is 1. The fourth-order valence-electron chi connectivity index (χ4n) is 6.70. The van der Waals surface area contributed by atoms with Gasteiger partial charge < -0.3 is 20.0 Å². The normalized spacial score (nSPS) is 25.6.